The van der Waals surface area contributed by atoms with Gasteiger partial charge in [0.1, 0.15) is 0 Å². The Morgan fingerprint density at radius 3 is 1.69 bits per heavy atom. The Kier molecular flexibility index (Phi) is 4.07. The van der Waals surface area contributed by atoms with Crippen LogP contribution in [-0.2, 0) is 0 Å². The lowest BCUT2D eigenvalue weighted by Crippen LogP contribution is -2.63. The summed E-state index contributed by atoms with van der Waals surface area (Å²) in [6.45, 7) is 13.8. The topological polar surface area (TPSA) is 29.3 Å². The van der Waals surface area contributed by atoms with E-state index in [4.69, 9.17) is 5.73 Å². The van der Waals surface area contributed by atoms with Crippen LogP contribution in [0.1, 0.15) is 67.2 Å². The molecule has 0 aromatic carbocycles. The van der Waals surface area contributed by atoms with E-state index in [0.717, 1.165) is 0 Å². The molecule has 0 amide bonds. The first-order chi connectivity index (χ1) is 7.14. The van der Waals surface area contributed by atoms with Crippen LogP contribution in [0.4, 0.5) is 0 Å². The Labute approximate surface area is 102 Å². The molecule has 1 saturated carbocycles. The second kappa shape index (κ2) is 4.66. The van der Waals surface area contributed by atoms with E-state index in [0.29, 0.717) is 12.1 Å². The minimum Gasteiger partial charge on any atom is -0.326 e. The Balaban J connectivity index is 2.92. The van der Waals surface area contributed by atoms with Crippen molar-refractivity contribution >= 4 is 0 Å². The van der Waals surface area contributed by atoms with Crippen molar-refractivity contribution < 1.29 is 0 Å². The maximum Gasteiger partial charge on any atom is 0.0257 e. The van der Waals surface area contributed by atoms with Gasteiger partial charge in [0, 0.05) is 23.2 Å². The predicted octanol–water partition coefficient (Wildman–Crippen LogP) is 3.16. The molecule has 2 N–H and O–H groups in total. The van der Waals surface area contributed by atoms with Crippen LogP contribution >= 0.6 is 0 Å². The first-order valence-corrected chi connectivity index (χ1v) is 6.69. The SMILES string of the molecule is CC(C)(C)N(C1CCCCC1N)C(C)(C)C. The van der Waals surface area contributed by atoms with E-state index in [1.165, 1.54) is 25.7 Å². The smallest absolute Gasteiger partial charge is 0.0257 e. The Bertz CT molecular complexity index is 208. The fourth-order valence-electron chi connectivity index (χ4n) is 3.46. The number of hydrogen-bond acceptors (Lipinski definition) is 2. The van der Waals surface area contributed by atoms with Gasteiger partial charge in [-0.2, -0.15) is 0 Å². The van der Waals surface area contributed by atoms with Crippen molar-refractivity contribution in [1.82, 2.24) is 4.90 Å². The summed E-state index contributed by atoms with van der Waals surface area (Å²) in [5.41, 5.74) is 6.72. The van der Waals surface area contributed by atoms with Crippen LogP contribution in [0.2, 0.25) is 0 Å². The van der Waals surface area contributed by atoms with Gasteiger partial charge >= 0.3 is 0 Å². The van der Waals surface area contributed by atoms with Crippen molar-refractivity contribution in [2.24, 2.45) is 5.73 Å². The summed E-state index contributed by atoms with van der Waals surface area (Å²) in [4.78, 5) is 2.63. The molecule has 0 aromatic heterocycles. The van der Waals surface area contributed by atoms with Crippen molar-refractivity contribution in [1.29, 1.82) is 0 Å². The summed E-state index contributed by atoms with van der Waals surface area (Å²) >= 11 is 0. The standard InChI is InChI=1S/C14H30N2/c1-13(2,3)16(14(4,5)6)12-10-8-7-9-11(12)15/h11-12H,7-10,15H2,1-6H3. The molecule has 0 radical (unpaired) electrons. The van der Waals surface area contributed by atoms with Gasteiger partial charge in [0.2, 0.25) is 0 Å². The van der Waals surface area contributed by atoms with Crippen molar-refractivity contribution in [3.8, 4) is 0 Å². The van der Waals surface area contributed by atoms with Crippen LogP contribution in [0.25, 0.3) is 0 Å². The second-order valence-electron chi connectivity index (χ2n) is 7.23. The first kappa shape index (κ1) is 14.0. The van der Waals surface area contributed by atoms with Gasteiger partial charge < -0.3 is 5.73 Å². The Hall–Kier alpha value is -0.0800. The molecular weight excluding hydrogens is 196 g/mol. The normalized spacial score (nSPS) is 28.5. The van der Waals surface area contributed by atoms with Crippen molar-refractivity contribution in [2.45, 2.75) is 90.4 Å². The van der Waals surface area contributed by atoms with Gasteiger partial charge in [-0.15, -0.1) is 0 Å². The molecule has 0 saturated heterocycles. The molecule has 2 unspecified atom stereocenters. The highest BCUT2D eigenvalue weighted by atomic mass is 15.3. The molecule has 0 spiro atoms. The number of nitrogens with zero attached hydrogens (tertiary/aromatic N) is 1. The third kappa shape index (κ3) is 3.21. The van der Waals surface area contributed by atoms with Crippen LogP contribution in [0.5, 0.6) is 0 Å². The maximum absolute atomic E-state index is 6.33. The molecule has 1 rings (SSSR count). The molecule has 0 heterocycles. The van der Waals surface area contributed by atoms with Gasteiger partial charge in [-0.1, -0.05) is 12.8 Å². The van der Waals surface area contributed by atoms with E-state index in [2.05, 4.69) is 46.4 Å². The number of nitrogens with two attached hydrogens (primary N) is 1. The minimum atomic E-state index is 0.192. The highest BCUT2D eigenvalue weighted by Gasteiger charge is 2.40. The maximum atomic E-state index is 6.33. The molecule has 0 aromatic rings. The third-order valence-corrected chi connectivity index (χ3v) is 3.56. The van der Waals surface area contributed by atoms with E-state index in [1.54, 1.807) is 0 Å². The molecule has 2 atom stereocenters. The van der Waals surface area contributed by atoms with E-state index in [-0.39, 0.29) is 11.1 Å². The van der Waals surface area contributed by atoms with Crippen LogP contribution < -0.4 is 5.73 Å². The summed E-state index contributed by atoms with van der Waals surface area (Å²) in [5, 5.41) is 0. The highest BCUT2D eigenvalue weighted by Crippen LogP contribution is 2.33. The average molecular weight is 226 g/mol. The molecule has 1 aliphatic carbocycles. The van der Waals surface area contributed by atoms with Crippen LogP contribution in [0.3, 0.4) is 0 Å². The zero-order valence-electron chi connectivity index (χ0n) is 12.0. The lowest BCUT2D eigenvalue weighted by Gasteiger charge is -2.53. The van der Waals surface area contributed by atoms with Crippen molar-refractivity contribution in [3.05, 3.63) is 0 Å². The molecule has 2 nitrogen and oxygen atoms in total. The van der Waals surface area contributed by atoms with Gasteiger partial charge in [0.25, 0.3) is 0 Å². The number of hydrogen-bond donors (Lipinski definition) is 1. The quantitative estimate of drug-likeness (QED) is 0.744. The number of rotatable bonds is 1. The zero-order valence-corrected chi connectivity index (χ0v) is 12.0. The fourth-order valence-corrected chi connectivity index (χ4v) is 3.46. The van der Waals surface area contributed by atoms with Gasteiger partial charge in [-0.05, 0) is 54.4 Å². The molecule has 2 heteroatoms. The monoisotopic (exact) mass is 226 g/mol. The van der Waals surface area contributed by atoms with Crippen LogP contribution in [0.15, 0.2) is 0 Å². The average Bonchev–Trinajstić information content (AvgIpc) is 2.03. The van der Waals surface area contributed by atoms with Gasteiger partial charge in [-0.25, -0.2) is 0 Å². The largest absolute Gasteiger partial charge is 0.326 e. The molecule has 0 bridgehead atoms. The summed E-state index contributed by atoms with van der Waals surface area (Å²) in [6.07, 6.45) is 5.09. The highest BCUT2D eigenvalue weighted by molar-refractivity contribution is 4.97. The van der Waals surface area contributed by atoms with E-state index >= 15 is 0 Å². The van der Waals surface area contributed by atoms with Gasteiger partial charge in [0.15, 0.2) is 0 Å². The fraction of sp³-hybridized carbons (Fsp3) is 1.00. The predicted molar refractivity (Wildman–Crippen MR) is 71.6 cm³/mol. The van der Waals surface area contributed by atoms with Crippen molar-refractivity contribution in [3.63, 3.8) is 0 Å². The van der Waals surface area contributed by atoms with E-state index < -0.39 is 0 Å². The first-order valence-electron chi connectivity index (χ1n) is 6.69. The Morgan fingerprint density at radius 2 is 1.31 bits per heavy atom. The molecule has 16 heavy (non-hydrogen) atoms. The second-order valence-corrected chi connectivity index (χ2v) is 7.23. The van der Waals surface area contributed by atoms with Crippen LogP contribution in [0, 0.1) is 0 Å². The van der Waals surface area contributed by atoms with Crippen LogP contribution in [-0.4, -0.2) is 28.1 Å². The summed E-state index contributed by atoms with van der Waals surface area (Å²) in [5.74, 6) is 0. The molecule has 0 aliphatic heterocycles. The third-order valence-electron chi connectivity index (χ3n) is 3.56. The summed E-state index contributed by atoms with van der Waals surface area (Å²) < 4.78 is 0. The van der Waals surface area contributed by atoms with Gasteiger partial charge in [0.05, 0.1) is 0 Å². The lowest BCUT2D eigenvalue weighted by atomic mass is 9.83. The minimum absolute atomic E-state index is 0.192. The molecule has 1 fully saturated rings. The molecule has 1 aliphatic rings. The lowest BCUT2D eigenvalue weighted by molar-refractivity contribution is -0.0265. The van der Waals surface area contributed by atoms with Crippen molar-refractivity contribution in [2.75, 3.05) is 0 Å². The zero-order chi connectivity index (χ0) is 12.6. The molecule has 96 valence electrons. The van der Waals surface area contributed by atoms with E-state index in [1.807, 2.05) is 0 Å². The molecular formula is C14H30N2. The van der Waals surface area contributed by atoms with Gasteiger partial charge in [-0.3, -0.25) is 4.90 Å². The summed E-state index contributed by atoms with van der Waals surface area (Å²) in [6, 6.07) is 0.904. The summed E-state index contributed by atoms with van der Waals surface area (Å²) in [7, 11) is 0. The van der Waals surface area contributed by atoms with E-state index in [9.17, 15) is 0 Å². The Morgan fingerprint density at radius 1 is 0.875 bits per heavy atom.